The Morgan fingerprint density at radius 2 is 1.77 bits per heavy atom. The number of hydrogen-bond donors (Lipinski definition) is 0. The van der Waals surface area contributed by atoms with Crippen LogP contribution in [0.2, 0.25) is 19.6 Å². The molecular formula is C22H40O3Si. The summed E-state index contributed by atoms with van der Waals surface area (Å²) in [4.78, 5) is 11.0. The molecule has 1 unspecified atom stereocenters. The number of carbonyl (C=O) groups excluding carboxylic acids is 1. The highest BCUT2D eigenvalue weighted by Gasteiger charge is 2.18. The highest BCUT2D eigenvalue weighted by atomic mass is 28.4. The van der Waals surface area contributed by atoms with Gasteiger partial charge in [0, 0.05) is 6.42 Å². The zero-order chi connectivity index (χ0) is 19.7. The number of ether oxygens (including phenoxy) is 1. The number of rotatable bonds is 15. The van der Waals surface area contributed by atoms with Crippen LogP contribution >= 0.6 is 0 Å². The molecule has 0 fully saturated rings. The zero-order valence-corrected chi connectivity index (χ0v) is 18.6. The fourth-order valence-electron chi connectivity index (χ4n) is 2.53. The van der Waals surface area contributed by atoms with E-state index in [1.54, 1.807) is 0 Å². The van der Waals surface area contributed by atoms with Gasteiger partial charge < -0.3 is 9.16 Å². The van der Waals surface area contributed by atoms with Crippen molar-refractivity contribution in [3.63, 3.8) is 0 Å². The molecular weight excluding hydrogens is 340 g/mol. The maximum Gasteiger partial charge on any atom is 0.305 e. The van der Waals surface area contributed by atoms with E-state index in [-0.39, 0.29) is 12.1 Å². The molecule has 0 N–H and O–H groups in total. The Labute approximate surface area is 162 Å². The van der Waals surface area contributed by atoms with Gasteiger partial charge in [-0.1, -0.05) is 69.1 Å². The topological polar surface area (TPSA) is 35.5 Å². The molecule has 150 valence electrons. The summed E-state index contributed by atoms with van der Waals surface area (Å²) in [6, 6.07) is 0. The van der Waals surface area contributed by atoms with Crippen LogP contribution in [0, 0.1) is 0 Å². The van der Waals surface area contributed by atoms with Crippen LogP contribution in [0.4, 0.5) is 0 Å². The van der Waals surface area contributed by atoms with E-state index in [4.69, 9.17) is 4.43 Å². The Bertz CT molecular complexity index is 433. The lowest BCUT2D eigenvalue weighted by atomic mass is 10.1. The molecule has 0 spiro atoms. The van der Waals surface area contributed by atoms with Crippen LogP contribution in [0.3, 0.4) is 0 Å². The summed E-state index contributed by atoms with van der Waals surface area (Å²) in [5.41, 5.74) is 0. The molecule has 1 atom stereocenters. The minimum atomic E-state index is -1.51. The van der Waals surface area contributed by atoms with E-state index in [2.05, 4.69) is 67.8 Å². The summed E-state index contributed by atoms with van der Waals surface area (Å²) in [6.07, 6.45) is 22.5. The molecule has 3 nitrogen and oxygen atoms in total. The Hall–Kier alpha value is -1.13. The monoisotopic (exact) mass is 380 g/mol. The Kier molecular flexibility index (Phi) is 15.4. The fraction of sp³-hybridized carbons (Fsp3) is 0.682. The number of esters is 1. The van der Waals surface area contributed by atoms with Gasteiger partial charge in [0.05, 0.1) is 13.2 Å². The third-order valence-corrected chi connectivity index (χ3v) is 4.85. The fourth-order valence-corrected chi connectivity index (χ4v) is 3.63. The van der Waals surface area contributed by atoms with E-state index in [1.165, 1.54) is 32.8 Å². The van der Waals surface area contributed by atoms with Gasteiger partial charge in [0.1, 0.15) is 0 Å². The lowest BCUT2D eigenvalue weighted by Gasteiger charge is -2.24. The van der Waals surface area contributed by atoms with Crippen molar-refractivity contribution in [1.29, 1.82) is 0 Å². The lowest BCUT2D eigenvalue weighted by Crippen LogP contribution is -2.31. The molecule has 0 amide bonds. The largest absolute Gasteiger partial charge is 0.469 e. The molecule has 0 aromatic rings. The molecule has 0 radical (unpaired) electrons. The van der Waals surface area contributed by atoms with Gasteiger partial charge in [-0.2, -0.15) is 0 Å². The summed E-state index contributed by atoms with van der Waals surface area (Å²) in [5.74, 6) is -0.131. The van der Waals surface area contributed by atoms with Crippen molar-refractivity contribution in [2.45, 2.75) is 90.5 Å². The van der Waals surface area contributed by atoms with Gasteiger partial charge in [0.2, 0.25) is 0 Å². The van der Waals surface area contributed by atoms with Gasteiger partial charge in [-0.05, 0) is 45.3 Å². The van der Waals surface area contributed by atoms with E-state index in [0.29, 0.717) is 6.42 Å². The molecule has 4 heteroatoms. The Morgan fingerprint density at radius 3 is 2.42 bits per heavy atom. The van der Waals surface area contributed by atoms with E-state index in [1.807, 2.05) is 0 Å². The van der Waals surface area contributed by atoms with Crippen LogP contribution < -0.4 is 0 Å². The summed E-state index contributed by atoms with van der Waals surface area (Å²) < 4.78 is 10.9. The van der Waals surface area contributed by atoms with Gasteiger partial charge in [0.25, 0.3) is 0 Å². The smallest absolute Gasteiger partial charge is 0.305 e. The average molecular weight is 381 g/mol. The maximum absolute atomic E-state index is 11.0. The first-order valence-electron chi connectivity index (χ1n) is 10.1. The van der Waals surface area contributed by atoms with E-state index < -0.39 is 8.32 Å². The molecule has 0 aromatic carbocycles. The SMILES string of the molecule is CCCCCCC(/C=C/C=C\C/C=C\CCCC(=O)OC)O[Si](C)(C)C. The second-order valence-corrected chi connectivity index (χ2v) is 12.1. The molecule has 0 rings (SSSR count). The third-order valence-electron chi connectivity index (χ3n) is 3.84. The van der Waals surface area contributed by atoms with Crippen molar-refractivity contribution in [2.75, 3.05) is 7.11 Å². The number of allylic oxidation sites excluding steroid dienone is 5. The molecule has 0 aliphatic heterocycles. The summed E-state index contributed by atoms with van der Waals surface area (Å²) >= 11 is 0. The van der Waals surface area contributed by atoms with Crippen molar-refractivity contribution in [3.8, 4) is 0 Å². The van der Waals surface area contributed by atoms with Crippen molar-refractivity contribution in [1.82, 2.24) is 0 Å². The molecule has 0 aromatic heterocycles. The molecule has 26 heavy (non-hydrogen) atoms. The van der Waals surface area contributed by atoms with Crippen LogP contribution in [0.1, 0.15) is 64.7 Å². The normalized spacial score (nSPS) is 13.9. The first-order chi connectivity index (χ1) is 12.4. The quantitative estimate of drug-likeness (QED) is 0.106. The van der Waals surface area contributed by atoms with Crippen LogP contribution in [0.5, 0.6) is 0 Å². The van der Waals surface area contributed by atoms with Crippen LogP contribution in [-0.2, 0) is 14.0 Å². The minimum Gasteiger partial charge on any atom is -0.469 e. The number of carbonyl (C=O) groups is 1. The first-order valence-corrected chi connectivity index (χ1v) is 13.5. The second-order valence-electron chi connectivity index (χ2n) is 7.61. The standard InChI is InChI=1S/C22H40O3Si/c1-6-7-8-15-18-21(25-26(3,4)5)19-16-13-11-9-10-12-14-17-20-22(23)24-2/h10-13,16,19,21H,6-9,14-15,17-18,20H2,1-5H3/b12-10-,13-11-,19-16+. The number of hydrogen-bond acceptors (Lipinski definition) is 3. The zero-order valence-electron chi connectivity index (χ0n) is 17.6. The Balaban J connectivity index is 4.10. The first kappa shape index (κ1) is 24.9. The summed E-state index contributed by atoms with van der Waals surface area (Å²) in [7, 11) is -0.0817. The van der Waals surface area contributed by atoms with Crippen LogP contribution in [0.25, 0.3) is 0 Å². The van der Waals surface area contributed by atoms with Crippen LogP contribution in [0.15, 0.2) is 36.5 Å². The van der Waals surface area contributed by atoms with Gasteiger partial charge in [0.15, 0.2) is 8.32 Å². The third kappa shape index (κ3) is 17.7. The number of methoxy groups -OCH3 is 1. The van der Waals surface area contributed by atoms with Gasteiger partial charge in [-0.15, -0.1) is 0 Å². The molecule has 0 aliphatic carbocycles. The van der Waals surface area contributed by atoms with Crippen molar-refractivity contribution in [2.24, 2.45) is 0 Å². The molecule has 0 saturated carbocycles. The van der Waals surface area contributed by atoms with E-state index in [0.717, 1.165) is 25.7 Å². The van der Waals surface area contributed by atoms with Gasteiger partial charge >= 0.3 is 5.97 Å². The van der Waals surface area contributed by atoms with E-state index >= 15 is 0 Å². The predicted octanol–water partition coefficient (Wildman–Crippen LogP) is 6.58. The van der Waals surface area contributed by atoms with Crippen molar-refractivity contribution >= 4 is 14.3 Å². The maximum atomic E-state index is 11.0. The minimum absolute atomic E-state index is 0.131. The van der Waals surface area contributed by atoms with Gasteiger partial charge in [-0.25, -0.2) is 0 Å². The van der Waals surface area contributed by atoms with E-state index in [9.17, 15) is 4.79 Å². The summed E-state index contributed by atoms with van der Waals surface area (Å²) in [6.45, 7) is 9.00. The summed E-state index contributed by atoms with van der Waals surface area (Å²) in [5, 5.41) is 0. The average Bonchev–Trinajstić information content (AvgIpc) is 2.58. The molecule has 0 aliphatic rings. The van der Waals surface area contributed by atoms with Crippen molar-refractivity contribution in [3.05, 3.63) is 36.5 Å². The van der Waals surface area contributed by atoms with Gasteiger partial charge in [-0.3, -0.25) is 4.79 Å². The second kappa shape index (κ2) is 16.1. The Morgan fingerprint density at radius 1 is 1.00 bits per heavy atom. The highest BCUT2D eigenvalue weighted by Crippen LogP contribution is 2.15. The molecule has 0 bridgehead atoms. The predicted molar refractivity (Wildman–Crippen MR) is 115 cm³/mol. The number of unbranched alkanes of at least 4 members (excludes halogenated alkanes) is 4. The van der Waals surface area contributed by atoms with Crippen molar-refractivity contribution < 1.29 is 14.0 Å². The lowest BCUT2D eigenvalue weighted by molar-refractivity contribution is -0.140. The highest BCUT2D eigenvalue weighted by molar-refractivity contribution is 6.69. The molecule has 0 saturated heterocycles. The van der Waals surface area contributed by atoms with Crippen LogP contribution in [-0.4, -0.2) is 27.5 Å². The molecule has 0 heterocycles.